The van der Waals surface area contributed by atoms with Crippen LogP contribution in [-0.4, -0.2) is 18.3 Å². The molecule has 0 saturated carbocycles. The first kappa shape index (κ1) is 11.9. The lowest BCUT2D eigenvalue weighted by Gasteiger charge is -2.18. The van der Waals surface area contributed by atoms with Crippen LogP contribution < -0.4 is 10.5 Å². The van der Waals surface area contributed by atoms with E-state index in [1.165, 1.54) is 14.0 Å². The number of aliphatic hydroxyl groups excluding tert-OH is 1. The van der Waals surface area contributed by atoms with Gasteiger partial charge in [-0.3, -0.25) is 0 Å². The maximum absolute atomic E-state index is 13.2. The molecular formula is C10H13F2NO2. The number of nitrogens with two attached hydrogens (primary N) is 1. The highest BCUT2D eigenvalue weighted by Crippen LogP contribution is 2.30. The minimum absolute atomic E-state index is 0.0185. The molecule has 0 amide bonds. The van der Waals surface area contributed by atoms with E-state index in [0.29, 0.717) is 6.07 Å². The zero-order chi connectivity index (χ0) is 11.6. The van der Waals surface area contributed by atoms with E-state index in [4.69, 9.17) is 10.5 Å². The molecule has 1 aromatic rings. The molecule has 0 radical (unpaired) electrons. The Morgan fingerprint density at radius 2 is 2.00 bits per heavy atom. The standard InChI is InChI=1S/C10H13F2NO2/c1-5(13)9(14)7-3-6(11)4-8(12)10(7)15-2/h3-5,9,14H,13H2,1-2H3/t5-,9-/m1/s1. The van der Waals surface area contributed by atoms with E-state index in [1.54, 1.807) is 0 Å². The number of rotatable bonds is 3. The van der Waals surface area contributed by atoms with E-state index >= 15 is 0 Å². The molecule has 3 nitrogen and oxygen atoms in total. The Morgan fingerprint density at radius 3 is 2.47 bits per heavy atom. The zero-order valence-corrected chi connectivity index (χ0v) is 8.50. The number of ether oxygens (including phenoxy) is 1. The lowest BCUT2D eigenvalue weighted by atomic mass is 10.0. The van der Waals surface area contributed by atoms with Crippen molar-refractivity contribution in [1.29, 1.82) is 0 Å². The largest absolute Gasteiger partial charge is 0.493 e. The van der Waals surface area contributed by atoms with Gasteiger partial charge in [-0.25, -0.2) is 8.78 Å². The van der Waals surface area contributed by atoms with Crippen LogP contribution in [0.5, 0.6) is 5.75 Å². The highest BCUT2D eigenvalue weighted by Gasteiger charge is 2.21. The van der Waals surface area contributed by atoms with Crippen LogP contribution in [0.2, 0.25) is 0 Å². The highest BCUT2D eigenvalue weighted by atomic mass is 19.1. The summed E-state index contributed by atoms with van der Waals surface area (Å²) in [6.45, 7) is 1.53. The third-order valence-electron chi connectivity index (χ3n) is 2.06. The van der Waals surface area contributed by atoms with Crippen LogP contribution in [0, 0.1) is 11.6 Å². The van der Waals surface area contributed by atoms with E-state index in [-0.39, 0.29) is 11.3 Å². The molecule has 0 unspecified atom stereocenters. The van der Waals surface area contributed by atoms with E-state index in [1.807, 2.05) is 0 Å². The summed E-state index contributed by atoms with van der Waals surface area (Å²) in [6, 6.07) is 1.06. The molecule has 0 bridgehead atoms. The fourth-order valence-electron chi connectivity index (χ4n) is 1.30. The summed E-state index contributed by atoms with van der Waals surface area (Å²) in [5, 5.41) is 9.62. The monoisotopic (exact) mass is 217 g/mol. The third-order valence-corrected chi connectivity index (χ3v) is 2.06. The van der Waals surface area contributed by atoms with Crippen molar-refractivity contribution in [3.8, 4) is 5.75 Å². The summed E-state index contributed by atoms with van der Waals surface area (Å²) >= 11 is 0. The number of hydrogen-bond donors (Lipinski definition) is 2. The van der Waals surface area contributed by atoms with Gasteiger partial charge in [0.2, 0.25) is 0 Å². The van der Waals surface area contributed by atoms with Crippen molar-refractivity contribution in [2.24, 2.45) is 5.73 Å². The summed E-state index contributed by atoms with van der Waals surface area (Å²) in [5.74, 6) is -1.81. The number of halogens is 2. The molecule has 5 heteroatoms. The molecule has 84 valence electrons. The molecular weight excluding hydrogens is 204 g/mol. The van der Waals surface area contributed by atoms with Gasteiger partial charge >= 0.3 is 0 Å². The van der Waals surface area contributed by atoms with Gasteiger partial charge < -0.3 is 15.6 Å². The second-order valence-corrected chi connectivity index (χ2v) is 3.31. The quantitative estimate of drug-likeness (QED) is 0.803. The van der Waals surface area contributed by atoms with Crippen LogP contribution in [0.1, 0.15) is 18.6 Å². The van der Waals surface area contributed by atoms with Crippen molar-refractivity contribution in [3.63, 3.8) is 0 Å². The Kier molecular flexibility index (Phi) is 3.60. The summed E-state index contributed by atoms with van der Waals surface area (Å²) < 4.78 is 30.9. The third kappa shape index (κ3) is 2.43. The summed E-state index contributed by atoms with van der Waals surface area (Å²) in [7, 11) is 1.24. The Labute approximate surface area is 86.5 Å². The lowest BCUT2D eigenvalue weighted by Crippen LogP contribution is -2.25. The van der Waals surface area contributed by atoms with Gasteiger partial charge in [0.25, 0.3) is 0 Å². The Bertz CT molecular complexity index is 356. The average molecular weight is 217 g/mol. The second kappa shape index (κ2) is 4.55. The van der Waals surface area contributed by atoms with Gasteiger partial charge in [0, 0.05) is 17.7 Å². The molecule has 15 heavy (non-hydrogen) atoms. The summed E-state index contributed by atoms with van der Waals surface area (Å²) in [6.07, 6.45) is -1.16. The van der Waals surface area contributed by atoms with E-state index < -0.39 is 23.8 Å². The van der Waals surface area contributed by atoms with Crippen molar-refractivity contribution in [1.82, 2.24) is 0 Å². The minimum Gasteiger partial charge on any atom is -0.493 e. The first-order chi connectivity index (χ1) is 6.97. The van der Waals surface area contributed by atoms with Crippen molar-refractivity contribution in [2.45, 2.75) is 19.1 Å². The molecule has 0 fully saturated rings. The van der Waals surface area contributed by atoms with Gasteiger partial charge in [0.15, 0.2) is 11.6 Å². The molecule has 0 aromatic heterocycles. The van der Waals surface area contributed by atoms with Gasteiger partial charge in [0.05, 0.1) is 13.2 Å². The number of hydrogen-bond acceptors (Lipinski definition) is 3. The molecule has 0 aliphatic carbocycles. The average Bonchev–Trinajstić information content (AvgIpc) is 2.15. The number of aliphatic hydroxyl groups is 1. The smallest absolute Gasteiger partial charge is 0.168 e. The fraction of sp³-hybridized carbons (Fsp3) is 0.400. The first-order valence-corrected chi connectivity index (χ1v) is 4.44. The molecule has 0 spiro atoms. The van der Waals surface area contributed by atoms with Crippen molar-refractivity contribution >= 4 is 0 Å². The van der Waals surface area contributed by atoms with Crippen molar-refractivity contribution in [2.75, 3.05) is 7.11 Å². The molecule has 3 N–H and O–H groups in total. The van der Waals surface area contributed by atoms with Gasteiger partial charge in [0.1, 0.15) is 5.82 Å². The second-order valence-electron chi connectivity index (χ2n) is 3.31. The Morgan fingerprint density at radius 1 is 1.40 bits per heavy atom. The highest BCUT2D eigenvalue weighted by molar-refractivity contribution is 5.37. The van der Waals surface area contributed by atoms with Gasteiger partial charge in [-0.15, -0.1) is 0 Å². The molecule has 0 saturated heterocycles. The molecule has 2 atom stereocenters. The molecule has 0 aliphatic rings. The Hall–Kier alpha value is -1.20. The normalized spacial score (nSPS) is 14.8. The zero-order valence-electron chi connectivity index (χ0n) is 8.50. The van der Waals surface area contributed by atoms with E-state index in [0.717, 1.165) is 6.07 Å². The van der Waals surface area contributed by atoms with Crippen molar-refractivity contribution in [3.05, 3.63) is 29.3 Å². The number of benzene rings is 1. The molecule has 1 aromatic carbocycles. The van der Waals surface area contributed by atoms with Crippen LogP contribution in [-0.2, 0) is 0 Å². The van der Waals surface area contributed by atoms with Gasteiger partial charge in [-0.2, -0.15) is 0 Å². The molecule has 0 heterocycles. The minimum atomic E-state index is -1.16. The van der Waals surface area contributed by atoms with Crippen LogP contribution in [0.15, 0.2) is 12.1 Å². The van der Waals surface area contributed by atoms with Crippen LogP contribution in [0.25, 0.3) is 0 Å². The maximum Gasteiger partial charge on any atom is 0.168 e. The summed E-state index contributed by atoms with van der Waals surface area (Å²) in [5.41, 5.74) is 5.46. The first-order valence-electron chi connectivity index (χ1n) is 4.44. The van der Waals surface area contributed by atoms with E-state index in [9.17, 15) is 13.9 Å². The van der Waals surface area contributed by atoms with Crippen LogP contribution in [0.3, 0.4) is 0 Å². The fourth-order valence-corrected chi connectivity index (χ4v) is 1.30. The summed E-state index contributed by atoms with van der Waals surface area (Å²) in [4.78, 5) is 0. The lowest BCUT2D eigenvalue weighted by molar-refractivity contribution is 0.148. The molecule has 0 aliphatic heterocycles. The SMILES string of the molecule is COc1c(F)cc(F)cc1[C@H](O)[C@@H](C)N. The van der Waals surface area contributed by atoms with Gasteiger partial charge in [-0.05, 0) is 13.0 Å². The molecule has 1 rings (SSSR count). The number of methoxy groups -OCH3 is 1. The van der Waals surface area contributed by atoms with Crippen LogP contribution in [0.4, 0.5) is 8.78 Å². The predicted octanol–water partition coefficient (Wildman–Crippen LogP) is 1.35. The van der Waals surface area contributed by atoms with E-state index in [2.05, 4.69) is 0 Å². The predicted molar refractivity (Wildman–Crippen MR) is 51.5 cm³/mol. The topological polar surface area (TPSA) is 55.5 Å². The Balaban J connectivity index is 3.26. The maximum atomic E-state index is 13.2. The van der Waals surface area contributed by atoms with Gasteiger partial charge in [-0.1, -0.05) is 0 Å². The van der Waals surface area contributed by atoms with Crippen LogP contribution >= 0.6 is 0 Å². The van der Waals surface area contributed by atoms with Crippen molar-refractivity contribution < 1.29 is 18.6 Å².